The molecule has 2 aromatic rings. The van der Waals surface area contributed by atoms with Gasteiger partial charge in [0.2, 0.25) is 5.79 Å². The largest absolute Gasteiger partial charge is 0.489 e. The van der Waals surface area contributed by atoms with E-state index in [2.05, 4.69) is 42.6 Å². The van der Waals surface area contributed by atoms with Crippen LogP contribution in [0, 0.1) is 0 Å². The second kappa shape index (κ2) is 7.79. The van der Waals surface area contributed by atoms with Gasteiger partial charge in [-0.1, -0.05) is 36.4 Å². The van der Waals surface area contributed by atoms with Gasteiger partial charge in [-0.3, -0.25) is 0 Å². The van der Waals surface area contributed by atoms with Crippen molar-refractivity contribution >= 4 is 0 Å². The first kappa shape index (κ1) is 21.6. The molecule has 5 aliphatic rings. The van der Waals surface area contributed by atoms with Crippen molar-refractivity contribution in [1.29, 1.82) is 0 Å². The Morgan fingerprint density at radius 2 is 1.91 bits per heavy atom. The lowest BCUT2D eigenvalue weighted by molar-refractivity contribution is -0.462. The first-order valence-electron chi connectivity index (χ1n) is 12.1. The second-order valence-corrected chi connectivity index (χ2v) is 9.69. The number of methoxy groups -OCH3 is 2. The molecule has 6 nitrogen and oxygen atoms in total. The standard InChI is InChI=1S/C27H33NO5/c1-4-32-26-16-23-27(29-2,30-3)24(33-23)25(26)12-13-28-22(26)14-19-10-11-20(15-21(19)25)31-17-18-8-6-5-7-9-18/h5-11,15,22-24,28H,4,12-14,16-17H2,1-3H3/t22-,23?,24-,25+,26-/m1/s1. The van der Waals surface area contributed by atoms with Crippen LogP contribution in [0.25, 0.3) is 0 Å². The zero-order valence-electron chi connectivity index (χ0n) is 19.6. The summed E-state index contributed by atoms with van der Waals surface area (Å²) < 4.78 is 31.6. The van der Waals surface area contributed by atoms with E-state index in [1.54, 1.807) is 14.2 Å². The van der Waals surface area contributed by atoms with Crippen LogP contribution in [0.5, 0.6) is 5.75 Å². The molecule has 4 fully saturated rings. The van der Waals surface area contributed by atoms with Crippen molar-refractivity contribution in [2.24, 2.45) is 0 Å². The molecule has 2 aromatic carbocycles. The summed E-state index contributed by atoms with van der Waals surface area (Å²) in [5, 5.41) is 3.78. The van der Waals surface area contributed by atoms with E-state index < -0.39 is 5.79 Å². The van der Waals surface area contributed by atoms with E-state index in [-0.39, 0.29) is 29.3 Å². The Bertz CT molecular complexity index is 1020. The highest BCUT2D eigenvalue weighted by molar-refractivity contribution is 5.52. The zero-order chi connectivity index (χ0) is 22.7. The number of nitrogens with one attached hydrogen (secondary N) is 1. The van der Waals surface area contributed by atoms with Gasteiger partial charge in [0, 0.05) is 33.3 Å². The zero-order valence-corrected chi connectivity index (χ0v) is 19.6. The van der Waals surface area contributed by atoms with Crippen LogP contribution in [0.2, 0.25) is 0 Å². The molecule has 1 unspecified atom stereocenters. The maximum Gasteiger partial charge on any atom is 0.222 e. The van der Waals surface area contributed by atoms with E-state index in [9.17, 15) is 0 Å². The minimum absolute atomic E-state index is 0.140. The van der Waals surface area contributed by atoms with Crippen LogP contribution < -0.4 is 10.1 Å². The van der Waals surface area contributed by atoms with Crippen molar-refractivity contribution in [3.8, 4) is 5.75 Å². The van der Waals surface area contributed by atoms with Crippen molar-refractivity contribution < 1.29 is 23.7 Å². The highest BCUT2D eigenvalue weighted by atomic mass is 16.8. The summed E-state index contributed by atoms with van der Waals surface area (Å²) in [7, 11) is 3.47. The number of hydrogen-bond acceptors (Lipinski definition) is 6. The molecule has 0 radical (unpaired) electrons. The summed E-state index contributed by atoms with van der Waals surface area (Å²) >= 11 is 0. The third-order valence-electron chi connectivity index (χ3n) is 8.55. The van der Waals surface area contributed by atoms with Crippen LogP contribution in [-0.2, 0) is 37.4 Å². The maximum atomic E-state index is 6.75. The SMILES string of the molecule is CCO[C@@]12CC3O[C@@H](C3(OC)OC)[C@@]13CCN[C@@H]2Cc1ccc(OCc2ccccc2)cc13. The number of ether oxygens (including phenoxy) is 5. The smallest absolute Gasteiger partial charge is 0.222 e. The molecule has 4 bridgehead atoms. The number of fused-ring (bicyclic) bond motifs is 1. The molecule has 1 saturated carbocycles. The van der Waals surface area contributed by atoms with E-state index in [1.807, 2.05) is 18.2 Å². The van der Waals surface area contributed by atoms with Gasteiger partial charge in [0.05, 0.1) is 11.0 Å². The van der Waals surface area contributed by atoms with E-state index >= 15 is 0 Å². The Morgan fingerprint density at radius 3 is 2.67 bits per heavy atom. The molecule has 7 rings (SSSR count). The van der Waals surface area contributed by atoms with Crippen molar-refractivity contribution in [2.75, 3.05) is 27.4 Å². The van der Waals surface area contributed by atoms with E-state index in [0.717, 1.165) is 37.1 Å². The number of piperidine rings is 1. The van der Waals surface area contributed by atoms with E-state index in [1.165, 1.54) is 11.1 Å². The summed E-state index contributed by atoms with van der Waals surface area (Å²) in [6.45, 7) is 4.19. The second-order valence-electron chi connectivity index (χ2n) is 9.69. The van der Waals surface area contributed by atoms with Gasteiger partial charge < -0.3 is 29.0 Å². The maximum absolute atomic E-state index is 6.75. The Balaban J connectivity index is 1.46. The molecule has 5 atom stereocenters. The van der Waals surface area contributed by atoms with Crippen LogP contribution in [0.1, 0.15) is 36.5 Å². The topological polar surface area (TPSA) is 58.2 Å². The number of hydrogen-bond donors (Lipinski definition) is 1. The van der Waals surface area contributed by atoms with E-state index in [0.29, 0.717) is 13.2 Å². The van der Waals surface area contributed by atoms with Gasteiger partial charge in [-0.05, 0) is 55.1 Å². The van der Waals surface area contributed by atoms with Crippen LogP contribution in [0.3, 0.4) is 0 Å². The van der Waals surface area contributed by atoms with E-state index in [4.69, 9.17) is 23.7 Å². The highest BCUT2D eigenvalue weighted by Crippen LogP contribution is 2.66. The summed E-state index contributed by atoms with van der Waals surface area (Å²) in [5.74, 6) is 0.120. The first-order valence-corrected chi connectivity index (χ1v) is 12.1. The van der Waals surface area contributed by atoms with Gasteiger partial charge in [-0.2, -0.15) is 0 Å². The minimum Gasteiger partial charge on any atom is -0.489 e. The van der Waals surface area contributed by atoms with Gasteiger partial charge in [0.15, 0.2) is 0 Å². The monoisotopic (exact) mass is 451 g/mol. The van der Waals surface area contributed by atoms with Gasteiger partial charge >= 0.3 is 0 Å². The summed E-state index contributed by atoms with van der Waals surface area (Å²) in [6.07, 6.45) is 2.19. The Hall–Kier alpha value is -1.96. The molecule has 0 spiro atoms. The fourth-order valence-corrected chi connectivity index (χ4v) is 7.23. The fraction of sp³-hybridized carbons (Fsp3) is 0.556. The Labute approximate surface area is 195 Å². The molecule has 33 heavy (non-hydrogen) atoms. The molecule has 6 heteroatoms. The van der Waals surface area contributed by atoms with Crippen LogP contribution in [-0.4, -0.2) is 57.0 Å². The van der Waals surface area contributed by atoms with Crippen LogP contribution in [0.4, 0.5) is 0 Å². The quantitative estimate of drug-likeness (QED) is 0.652. The summed E-state index contributed by atoms with van der Waals surface area (Å²) in [6, 6.07) is 17.0. The molecule has 1 N–H and O–H groups in total. The number of benzene rings is 2. The highest BCUT2D eigenvalue weighted by Gasteiger charge is 2.81. The van der Waals surface area contributed by atoms with Gasteiger partial charge in [-0.15, -0.1) is 0 Å². The average molecular weight is 452 g/mol. The van der Waals surface area contributed by atoms with Crippen molar-refractivity contribution in [3.05, 3.63) is 65.2 Å². The Morgan fingerprint density at radius 1 is 1.09 bits per heavy atom. The normalized spacial score (nSPS) is 35.2. The molecule has 3 heterocycles. The van der Waals surface area contributed by atoms with Crippen molar-refractivity contribution in [1.82, 2.24) is 5.32 Å². The lowest BCUT2D eigenvalue weighted by Gasteiger charge is -2.74. The Kier molecular flexibility index (Phi) is 5.09. The predicted molar refractivity (Wildman–Crippen MR) is 123 cm³/mol. The third-order valence-corrected chi connectivity index (χ3v) is 8.55. The molecule has 0 aromatic heterocycles. The summed E-state index contributed by atoms with van der Waals surface area (Å²) in [5.41, 5.74) is 3.00. The van der Waals surface area contributed by atoms with Crippen LogP contribution in [0.15, 0.2) is 48.5 Å². The average Bonchev–Trinajstić information content (AvgIpc) is 2.84. The van der Waals surface area contributed by atoms with Crippen LogP contribution >= 0.6 is 0 Å². The molecule has 3 saturated heterocycles. The third kappa shape index (κ3) is 2.73. The molecular weight excluding hydrogens is 418 g/mol. The molecular formula is C27H33NO5. The van der Waals surface area contributed by atoms with Crippen molar-refractivity contribution in [3.63, 3.8) is 0 Å². The van der Waals surface area contributed by atoms with Crippen molar-refractivity contribution in [2.45, 2.75) is 67.8 Å². The molecule has 2 aliphatic carbocycles. The molecule has 176 valence electrons. The number of rotatable bonds is 7. The van der Waals surface area contributed by atoms with Gasteiger partial charge in [0.1, 0.15) is 24.6 Å². The lowest BCUT2D eigenvalue weighted by Crippen LogP contribution is -2.89. The van der Waals surface area contributed by atoms with Gasteiger partial charge in [0.25, 0.3) is 0 Å². The molecule has 3 aliphatic heterocycles. The fourth-order valence-electron chi connectivity index (χ4n) is 7.23. The first-order chi connectivity index (χ1) is 16.1. The lowest BCUT2D eigenvalue weighted by atomic mass is 9.45. The molecule has 0 amide bonds. The summed E-state index contributed by atoms with van der Waals surface area (Å²) in [4.78, 5) is 0. The predicted octanol–water partition coefficient (Wildman–Crippen LogP) is 3.36. The van der Waals surface area contributed by atoms with Gasteiger partial charge in [-0.25, -0.2) is 0 Å². The minimum atomic E-state index is -0.752.